The maximum atomic E-state index is 11.7. The molecule has 0 radical (unpaired) electrons. The highest BCUT2D eigenvalue weighted by molar-refractivity contribution is 5.83. The van der Waals surface area contributed by atoms with Gasteiger partial charge in [0.2, 0.25) is 0 Å². The molecule has 22 heavy (non-hydrogen) atoms. The number of hydrogen-bond acceptors (Lipinski definition) is 4. The van der Waals surface area contributed by atoms with Crippen molar-refractivity contribution in [2.24, 2.45) is 0 Å². The summed E-state index contributed by atoms with van der Waals surface area (Å²) in [6, 6.07) is 16.2. The second kappa shape index (κ2) is 7.83. The van der Waals surface area contributed by atoms with Crippen LogP contribution in [0.5, 0.6) is 11.5 Å². The number of carbonyl (C=O) groups excluding carboxylic acids is 2. The molecule has 0 aliphatic carbocycles. The molecule has 1 amide bonds. The zero-order chi connectivity index (χ0) is 15.8. The van der Waals surface area contributed by atoms with Crippen molar-refractivity contribution in [3.8, 4) is 11.5 Å². The largest absolute Gasteiger partial charge is 0.484 e. The fraction of sp³-hybridized carbons (Fsp3) is 0.176. The second-order valence-electron chi connectivity index (χ2n) is 4.62. The number of esters is 1. The Morgan fingerprint density at radius 3 is 2.41 bits per heavy atom. The lowest BCUT2D eigenvalue weighted by molar-refractivity contribution is -0.136. The van der Waals surface area contributed by atoms with Gasteiger partial charge in [-0.05, 0) is 30.7 Å². The van der Waals surface area contributed by atoms with E-state index in [0.29, 0.717) is 11.5 Å². The van der Waals surface area contributed by atoms with Crippen molar-refractivity contribution >= 4 is 11.9 Å². The first-order valence-corrected chi connectivity index (χ1v) is 6.86. The highest BCUT2D eigenvalue weighted by Crippen LogP contribution is 2.15. The normalized spacial score (nSPS) is 9.86. The van der Waals surface area contributed by atoms with Crippen LogP contribution in [-0.2, 0) is 9.59 Å². The maximum absolute atomic E-state index is 11.7. The summed E-state index contributed by atoms with van der Waals surface area (Å²) in [6.45, 7) is 1.49. The van der Waals surface area contributed by atoms with Crippen LogP contribution in [0.1, 0.15) is 5.56 Å². The zero-order valence-electron chi connectivity index (χ0n) is 12.2. The molecule has 0 saturated heterocycles. The van der Waals surface area contributed by atoms with Gasteiger partial charge in [-0.25, -0.2) is 4.79 Å². The van der Waals surface area contributed by atoms with Gasteiger partial charge in [-0.15, -0.1) is 0 Å². The summed E-state index contributed by atoms with van der Waals surface area (Å²) in [5, 5.41) is 2.45. The molecule has 0 bridgehead atoms. The summed E-state index contributed by atoms with van der Waals surface area (Å²) >= 11 is 0. The third-order valence-electron chi connectivity index (χ3n) is 2.86. The van der Waals surface area contributed by atoms with Gasteiger partial charge in [0.25, 0.3) is 5.91 Å². The molecule has 0 aromatic heterocycles. The van der Waals surface area contributed by atoms with E-state index in [1.165, 1.54) is 0 Å². The summed E-state index contributed by atoms with van der Waals surface area (Å²) < 4.78 is 10.4. The molecule has 2 aromatic carbocycles. The Kier molecular flexibility index (Phi) is 5.54. The van der Waals surface area contributed by atoms with E-state index in [9.17, 15) is 9.59 Å². The summed E-state index contributed by atoms with van der Waals surface area (Å²) in [4.78, 5) is 23.3. The Balaban J connectivity index is 1.72. The van der Waals surface area contributed by atoms with Gasteiger partial charge in [0.05, 0.1) is 0 Å². The van der Waals surface area contributed by atoms with Crippen molar-refractivity contribution in [3.05, 3.63) is 60.2 Å². The number of para-hydroxylation sites is 2. The molecule has 0 saturated carbocycles. The lowest BCUT2D eigenvalue weighted by atomic mass is 10.2. The number of aryl methyl sites for hydroxylation is 1. The van der Waals surface area contributed by atoms with Crippen LogP contribution in [0, 0.1) is 6.92 Å². The number of rotatable bonds is 6. The molecule has 0 aliphatic rings. The standard InChI is InChI=1S/C17H17NO4/c1-13-7-5-6-10-15(13)22-17(20)11-18-16(19)12-21-14-8-3-2-4-9-14/h2-10H,11-12H2,1H3,(H,18,19). The Morgan fingerprint density at radius 1 is 1.00 bits per heavy atom. The molecular formula is C17H17NO4. The van der Waals surface area contributed by atoms with E-state index in [4.69, 9.17) is 9.47 Å². The lowest BCUT2D eigenvalue weighted by Gasteiger charge is -2.09. The molecule has 0 aliphatic heterocycles. The van der Waals surface area contributed by atoms with Crippen molar-refractivity contribution < 1.29 is 19.1 Å². The van der Waals surface area contributed by atoms with Gasteiger partial charge in [-0.3, -0.25) is 4.79 Å². The fourth-order valence-electron chi connectivity index (χ4n) is 1.72. The molecule has 5 nitrogen and oxygen atoms in total. The van der Waals surface area contributed by atoms with Crippen LogP contribution in [0.3, 0.4) is 0 Å². The molecule has 0 unspecified atom stereocenters. The maximum Gasteiger partial charge on any atom is 0.330 e. The number of nitrogens with one attached hydrogen (secondary N) is 1. The van der Waals surface area contributed by atoms with Crippen LogP contribution in [0.4, 0.5) is 0 Å². The van der Waals surface area contributed by atoms with Crippen LogP contribution < -0.4 is 14.8 Å². The summed E-state index contributed by atoms with van der Waals surface area (Å²) in [5.41, 5.74) is 0.856. The number of carbonyl (C=O) groups is 2. The average molecular weight is 299 g/mol. The minimum absolute atomic E-state index is 0.151. The Labute approximate surface area is 128 Å². The second-order valence-corrected chi connectivity index (χ2v) is 4.62. The zero-order valence-corrected chi connectivity index (χ0v) is 12.2. The summed E-state index contributed by atoms with van der Waals surface area (Å²) in [6.07, 6.45) is 0. The average Bonchev–Trinajstić information content (AvgIpc) is 2.54. The first kappa shape index (κ1) is 15.6. The van der Waals surface area contributed by atoms with Gasteiger partial charge < -0.3 is 14.8 Å². The van der Waals surface area contributed by atoms with Crippen molar-refractivity contribution in [2.75, 3.05) is 13.2 Å². The van der Waals surface area contributed by atoms with Gasteiger partial charge in [0.1, 0.15) is 18.0 Å². The predicted octanol–water partition coefficient (Wildman–Crippen LogP) is 2.10. The first-order chi connectivity index (χ1) is 10.6. The van der Waals surface area contributed by atoms with Crippen LogP contribution in [0.15, 0.2) is 54.6 Å². The lowest BCUT2D eigenvalue weighted by Crippen LogP contribution is -2.35. The minimum atomic E-state index is -0.526. The number of ether oxygens (including phenoxy) is 2. The molecule has 5 heteroatoms. The third-order valence-corrected chi connectivity index (χ3v) is 2.86. The molecular weight excluding hydrogens is 282 g/mol. The third kappa shape index (κ3) is 4.94. The molecule has 0 heterocycles. The van der Waals surface area contributed by atoms with E-state index in [1.54, 1.807) is 24.3 Å². The number of amides is 1. The summed E-state index contributed by atoms with van der Waals surface area (Å²) in [7, 11) is 0. The van der Waals surface area contributed by atoms with E-state index >= 15 is 0 Å². The van der Waals surface area contributed by atoms with Crippen molar-refractivity contribution in [1.29, 1.82) is 0 Å². The predicted molar refractivity (Wildman–Crippen MR) is 81.8 cm³/mol. The number of benzene rings is 2. The Morgan fingerprint density at radius 2 is 1.68 bits per heavy atom. The quantitative estimate of drug-likeness (QED) is 0.655. The van der Waals surface area contributed by atoms with Crippen LogP contribution in [0.25, 0.3) is 0 Å². The van der Waals surface area contributed by atoms with Gasteiger partial charge in [0, 0.05) is 0 Å². The molecule has 0 atom stereocenters. The fourth-order valence-corrected chi connectivity index (χ4v) is 1.72. The smallest absolute Gasteiger partial charge is 0.330 e. The highest BCUT2D eigenvalue weighted by atomic mass is 16.5. The van der Waals surface area contributed by atoms with E-state index in [1.807, 2.05) is 37.3 Å². The Hall–Kier alpha value is -2.82. The molecule has 2 rings (SSSR count). The van der Waals surface area contributed by atoms with Gasteiger partial charge >= 0.3 is 5.97 Å². The van der Waals surface area contributed by atoms with Gasteiger partial charge in [-0.2, -0.15) is 0 Å². The minimum Gasteiger partial charge on any atom is -0.484 e. The molecule has 114 valence electrons. The van der Waals surface area contributed by atoms with Gasteiger partial charge in [0.15, 0.2) is 6.61 Å². The molecule has 1 N–H and O–H groups in total. The SMILES string of the molecule is Cc1ccccc1OC(=O)CNC(=O)COc1ccccc1. The monoisotopic (exact) mass is 299 g/mol. The summed E-state index contributed by atoms with van der Waals surface area (Å²) in [5.74, 6) is 0.176. The van der Waals surface area contributed by atoms with E-state index in [0.717, 1.165) is 5.56 Å². The van der Waals surface area contributed by atoms with E-state index in [-0.39, 0.29) is 19.1 Å². The van der Waals surface area contributed by atoms with Crippen molar-refractivity contribution in [1.82, 2.24) is 5.32 Å². The molecule has 2 aromatic rings. The van der Waals surface area contributed by atoms with E-state index in [2.05, 4.69) is 5.32 Å². The van der Waals surface area contributed by atoms with Crippen LogP contribution in [-0.4, -0.2) is 25.0 Å². The number of hydrogen-bond donors (Lipinski definition) is 1. The van der Waals surface area contributed by atoms with Crippen molar-refractivity contribution in [3.63, 3.8) is 0 Å². The van der Waals surface area contributed by atoms with Crippen LogP contribution in [0.2, 0.25) is 0 Å². The molecule has 0 spiro atoms. The topological polar surface area (TPSA) is 64.6 Å². The van der Waals surface area contributed by atoms with Crippen molar-refractivity contribution in [2.45, 2.75) is 6.92 Å². The van der Waals surface area contributed by atoms with Crippen LogP contribution >= 0.6 is 0 Å². The first-order valence-electron chi connectivity index (χ1n) is 6.86. The Bertz CT molecular complexity index is 640. The highest BCUT2D eigenvalue weighted by Gasteiger charge is 2.09. The molecule has 0 fully saturated rings. The van der Waals surface area contributed by atoms with Gasteiger partial charge in [-0.1, -0.05) is 36.4 Å². The van der Waals surface area contributed by atoms with E-state index < -0.39 is 5.97 Å².